The average Bonchev–Trinajstić information content (AvgIpc) is 2.25. The summed E-state index contributed by atoms with van der Waals surface area (Å²) < 4.78 is 9.83. The zero-order valence-electron chi connectivity index (χ0n) is 11.0. The van der Waals surface area contributed by atoms with Gasteiger partial charge in [-0.3, -0.25) is 0 Å². The maximum atomic E-state index is 11.8. The van der Waals surface area contributed by atoms with E-state index in [1.165, 1.54) is 13.8 Å². The molecular formula is C14H13ClO5. The fourth-order valence-corrected chi connectivity index (χ4v) is 2.03. The van der Waals surface area contributed by atoms with Crippen LogP contribution in [0, 0.1) is 0 Å². The number of hydrogen-bond acceptors (Lipinski definition) is 5. The highest BCUT2D eigenvalue weighted by Crippen LogP contribution is 2.25. The lowest BCUT2D eigenvalue weighted by Crippen LogP contribution is -2.42. The summed E-state index contributed by atoms with van der Waals surface area (Å²) in [6, 6.07) is 6.73. The summed E-state index contributed by atoms with van der Waals surface area (Å²) in [4.78, 5) is 23.5. The van der Waals surface area contributed by atoms with Gasteiger partial charge in [0.2, 0.25) is 0 Å². The second-order valence-corrected chi connectivity index (χ2v) is 5.24. The van der Waals surface area contributed by atoms with Crippen LogP contribution < -0.4 is 0 Å². The third-order valence-electron chi connectivity index (χ3n) is 2.63. The average molecular weight is 297 g/mol. The Morgan fingerprint density at radius 3 is 2.40 bits per heavy atom. The van der Waals surface area contributed by atoms with Crippen molar-refractivity contribution in [2.24, 2.45) is 0 Å². The van der Waals surface area contributed by atoms with Crippen molar-refractivity contribution in [2.45, 2.75) is 26.1 Å². The molecule has 1 heterocycles. The van der Waals surface area contributed by atoms with E-state index in [1.54, 1.807) is 24.3 Å². The smallest absolute Gasteiger partial charge is 0.352 e. The lowest BCUT2D eigenvalue weighted by Gasteiger charge is -2.30. The predicted octanol–water partition coefficient (Wildman–Crippen LogP) is 2.53. The molecule has 1 fully saturated rings. The minimum absolute atomic E-state index is 0.0134. The molecule has 0 aromatic heterocycles. The molecule has 0 spiro atoms. The van der Waals surface area contributed by atoms with E-state index in [0.717, 1.165) is 0 Å². The lowest BCUT2D eigenvalue weighted by molar-refractivity contribution is -0.222. The Morgan fingerprint density at radius 2 is 1.85 bits per heavy atom. The molecule has 6 heteroatoms. The van der Waals surface area contributed by atoms with Crippen LogP contribution in [0.1, 0.15) is 19.4 Å². The van der Waals surface area contributed by atoms with E-state index in [2.05, 4.69) is 0 Å². The SMILES string of the molecule is CC1(C)OC(=O)C(=C(O)Cc2cccc(Cl)c2)C(=O)O1. The Balaban J connectivity index is 2.28. The summed E-state index contributed by atoms with van der Waals surface area (Å²) in [5.41, 5.74) is 0.178. The van der Waals surface area contributed by atoms with Gasteiger partial charge in [-0.25, -0.2) is 9.59 Å². The molecule has 1 N–H and O–H groups in total. The molecule has 1 saturated heterocycles. The molecule has 1 aromatic carbocycles. The van der Waals surface area contributed by atoms with Crippen LogP contribution in [0.15, 0.2) is 35.6 Å². The molecule has 0 atom stereocenters. The summed E-state index contributed by atoms with van der Waals surface area (Å²) in [7, 11) is 0. The van der Waals surface area contributed by atoms with Crippen LogP contribution in [0.3, 0.4) is 0 Å². The Labute approximate surface area is 120 Å². The largest absolute Gasteiger partial charge is 0.511 e. The number of hydrogen-bond donors (Lipinski definition) is 1. The number of halogens is 1. The minimum Gasteiger partial charge on any atom is -0.511 e. The predicted molar refractivity (Wildman–Crippen MR) is 71.1 cm³/mol. The van der Waals surface area contributed by atoms with E-state index in [9.17, 15) is 14.7 Å². The van der Waals surface area contributed by atoms with Crippen LogP contribution >= 0.6 is 11.6 Å². The minimum atomic E-state index is -1.33. The monoisotopic (exact) mass is 296 g/mol. The van der Waals surface area contributed by atoms with Gasteiger partial charge in [0.1, 0.15) is 5.76 Å². The fraction of sp³-hybridized carbons (Fsp3) is 0.286. The Kier molecular flexibility index (Phi) is 3.72. The van der Waals surface area contributed by atoms with Gasteiger partial charge < -0.3 is 14.6 Å². The molecule has 1 aliphatic rings. The van der Waals surface area contributed by atoms with Gasteiger partial charge in [0, 0.05) is 25.3 Å². The number of benzene rings is 1. The first-order valence-corrected chi connectivity index (χ1v) is 6.29. The maximum Gasteiger partial charge on any atom is 0.352 e. The van der Waals surface area contributed by atoms with Crippen molar-refractivity contribution in [1.82, 2.24) is 0 Å². The van der Waals surface area contributed by atoms with Crippen LogP contribution in [0.25, 0.3) is 0 Å². The Morgan fingerprint density at radius 1 is 1.25 bits per heavy atom. The van der Waals surface area contributed by atoms with Gasteiger partial charge in [0.05, 0.1) is 0 Å². The second kappa shape index (κ2) is 5.17. The number of rotatable bonds is 2. The van der Waals surface area contributed by atoms with Crippen molar-refractivity contribution < 1.29 is 24.2 Å². The van der Waals surface area contributed by atoms with Crippen molar-refractivity contribution in [3.05, 3.63) is 46.2 Å². The standard InChI is InChI=1S/C14H13ClO5/c1-14(2)19-12(17)11(13(18)20-14)10(16)7-8-4-3-5-9(15)6-8/h3-6,16H,7H2,1-2H3. The Bertz CT molecular complexity index is 581. The first-order chi connectivity index (χ1) is 9.28. The van der Waals surface area contributed by atoms with E-state index in [0.29, 0.717) is 10.6 Å². The normalized spacial score (nSPS) is 17.4. The van der Waals surface area contributed by atoms with Crippen molar-refractivity contribution in [1.29, 1.82) is 0 Å². The molecule has 0 bridgehead atoms. The highest BCUT2D eigenvalue weighted by atomic mass is 35.5. The molecule has 1 aromatic rings. The molecule has 5 nitrogen and oxygen atoms in total. The number of aliphatic hydroxyl groups excluding tert-OH is 1. The van der Waals surface area contributed by atoms with Gasteiger partial charge in [-0.2, -0.15) is 0 Å². The molecule has 0 unspecified atom stereocenters. The van der Waals surface area contributed by atoms with Gasteiger partial charge in [0.25, 0.3) is 5.79 Å². The van der Waals surface area contributed by atoms with Gasteiger partial charge >= 0.3 is 11.9 Å². The highest BCUT2D eigenvalue weighted by molar-refractivity contribution is 6.30. The zero-order chi connectivity index (χ0) is 14.9. The molecular weight excluding hydrogens is 284 g/mol. The first kappa shape index (κ1) is 14.4. The molecule has 2 rings (SSSR count). The number of esters is 2. The van der Waals surface area contributed by atoms with E-state index in [4.69, 9.17) is 21.1 Å². The van der Waals surface area contributed by atoms with Crippen LogP contribution in [-0.4, -0.2) is 22.8 Å². The molecule has 20 heavy (non-hydrogen) atoms. The van der Waals surface area contributed by atoms with E-state index in [1.807, 2.05) is 0 Å². The molecule has 0 aliphatic carbocycles. The fourth-order valence-electron chi connectivity index (χ4n) is 1.82. The molecule has 0 radical (unpaired) electrons. The summed E-state index contributed by atoms with van der Waals surface area (Å²) >= 11 is 5.83. The molecule has 0 amide bonds. The number of cyclic esters (lactones) is 2. The summed E-state index contributed by atoms with van der Waals surface area (Å²) in [6.07, 6.45) is -0.0134. The van der Waals surface area contributed by atoms with Crippen molar-refractivity contribution >= 4 is 23.5 Å². The molecule has 1 aliphatic heterocycles. The van der Waals surface area contributed by atoms with Crippen molar-refractivity contribution in [3.8, 4) is 0 Å². The summed E-state index contributed by atoms with van der Waals surface area (Å²) in [5, 5.41) is 10.5. The van der Waals surface area contributed by atoms with Crippen LogP contribution in [0.2, 0.25) is 5.02 Å². The van der Waals surface area contributed by atoms with Gasteiger partial charge in [0.15, 0.2) is 5.57 Å². The summed E-state index contributed by atoms with van der Waals surface area (Å²) in [5.74, 6) is -3.53. The number of ether oxygens (including phenoxy) is 2. The van der Waals surface area contributed by atoms with Crippen molar-refractivity contribution in [3.63, 3.8) is 0 Å². The summed E-state index contributed by atoms with van der Waals surface area (Å²) in [6.45, 7) is 2.88. The maximum absolute atomic E-state index is 11.8. The van der Waals surface area contributed by atoms with E-state index >= 15 is 0 Å². The quantitative estimate of drug-likeness (QED) is 0.393. The van der Waals surface area contributed by atoms with Crippen molar-refractivity contribution in [2.75, 3.05) is 0 Å². The highest BCUT2D eigenvalue weighted by Gasteiger charge is 2.41. The van der Waals surface area contributed by atoms with Gasteiger partial charge in [-0.15, -0.1) is 0 Å². The third-order valence-corrected chi connectivity index (χ3v) is 2.87. The third kappa shape index (κ3) is 3.11. The molecule has 0 saturated carbocycles. The van der Waals surface area contributed by atoms with E-state index in [-0.39, 0.29) is 6.42 Å². The first-order valence-electron chi connectivity index (χ1n) is 5.92. The topological polar surface area (TPSA) is 72.8 Å². The van der Waals surface area contributed by atoms with E-state index < -0.39 is 29.1 Å². The second-order valence-electron chi connectivity index (χ2n) is 4.81. The number of carbonyl (C=O) groups excluding carboxylic acids is 2. The number of allylic oxidation sites excluding steroid dienone is 1. The zero-order valence-corrected chi connectivity index (χ0v) is 11.7. The Hall–Kier alpha value is -2.01. The van der Waals surface area contributed by atoms with Gasteiger partial charge in [-0.1, -0.05) is 23.7 Å². The lowest BCUT2D eigenvalue weighted by atomic mass is 10.1. The molecule has 106 valence electrons. The van der Waals surface area contributed by atoms with Crippen LogP contribution in [0.4, 0.5) is 0 Å². The number of aliphatic hydroxyl groups is 1. The van der Waals surface area contributed by atoms with Gasteiger partial charge in [-0.05, 0) is 17.7 Å². The number of carbonyl (C=O) groups is 2. The van der Waals surface area contributed by atoms with Crippen LogP contribution in [-0.2, 0) is 25.5 Å². The van der Waals surface area contributed by atoms with Crippen LogP contribution in [0.5, 0.6) is 0 Å².